The van der Waals surface area contributed by atoms with Gasteiger partial charge in [0, 0.05) is 55.2 Å². The number of fused-ring (bicyclic) bond motifs is 1. The van der Waals surface area contributed by atoms with E-state index in [0.717, 1.165) is 54.0 Å². The summed E-state index contributed by atoms with van der Waals surface area (Å²) in [6, 6.07) is 11.5. The number of nitrogens with one attached hydrogen (secondary N) is 2. The van der Waals surface area contributed by atoms with E-state index in [9.17, 15) is 4.79 Å². The van der Waals surface area contributed by atoms with Gasteiger partial charge in [0.15, 0.2) is 0 Å². The summed E-state index contributed by atoms with van der Waals surface area (Å²) in [6.45, 7) is 9.34. The topological polar surface area (TPSA) is 108 Å². The quantitative estimate of drug-likeness (QED) is 0.356. The molecule has 0 unspecified atom stereocenters. The fourth-order valence-corrected chi connectivity index (χ4v) is 4.43. The summed E-state index contributed by atoms with van der Waals surface area (Å²) in [5.74, 6) is 1.48. The fourth-order valence-electron chi connectivity index (χ4n) is 4.43. The number of amides is 1. The average Bonchev–Trinajstić information content (AvgIpc) is 2.93. The van der Waals surface area contributed by atoms with Gasteiger partial charge in [0.05, 0.1) is 18.3 Å². The highest BCUT2D eigenvalue weighted by atomic mass is 16.5. The summed E-state index contributed by atoms with van der Waals surface area (Å²) in [7, 11) is 3.73. The standard InChI is InChI=1S/C28H30N8O2/c1-5-24(37)31-20-10-11-29-22(16-20)25-18(2)6-7-19-17-30-28(34-26(19)25)32-21-8-9-23(33-27(21)38-4)36-14-12-35(3)13-15-36/h5-11,16-17H,1,12-15H2,2-4H3,(H,29,31,37)(H,30,32,34). The van der Waals surface area contributed by atoms with Crippen LogP contribution in [0.5, 0.6) is 5.88 Å². The van der Waals surface area contributed by atoms with Gasteiger partial charge in [-0.2, -0.15) is 4.98 Å². The van der Waals surface area contributed by atoms with Crippen molar-refractivity contribution in [3.8, 4) is 17.1 Å². The Kier molecular flexibility index (Phi) is 7.14. The second kappa shape index (κ2) is 10.8. The first-order valence-corrected chi connectivity index (χ1v) is 12.4. The number of piperazine rings is 1. The predicted molar refractivity (Wildman–Crippen MR) is 150 cm³/mol. The van der Waals surface area contributed by atoms with Crippen LogP contribution in [0.4, 0.5) is 23.1 Å². The first-order chi connectivity index (χ1) is 18.4. The number of benzene rings is 1. The highest BCUT2D eigenvalue weighted by molar-refractivity contribution is 6.00. The van der Waals surface area contributed by atoms with Gasteiger partial charge in [-0.3, -0.25) is 9.78 Å². The van der Waals surface area contributed by atoms with E-state index in [-0.39, 0.29) is 5.91 Å². The van der Waals surface area contributed by atoms with Gasteiger partial charge in [-0.1, -0.05) is 18.7 Å². The summed E-state index contributed by atoms with van der Waals surface area (Å²) in [6.07, 6.45) is 4.66. The van der Waals surface area contributed by atoms with Gasteiger partial charge in [0.2, 0.25) is 17.7 Å². The number of methoxy groups -OCH3 is 1. The molecule has 3 aromatic heterocycles. The maximum absolute atomic E-state index is 11.8. The first kappa shape index (κ1) is 25.1. The number of pyridine rings is 2. The molecule has 2 N–H and O–H groups in total. The third-order valence-electron chi connectivity index (χ3n) is 6.54. The second-order valence-electron chi connectivity index (χ2n) is 9.15. The van der Waals surface area contributed by atoms with Crippen molar-refractivity contribution in [1.82, 2.24) is 24.8 Å². The molecule has 0 atom stereocenters. The maximum Gasteiger partial charge on any atom is 0.247 e. The zero-order chi connectivity index (χ0) is 26.6. The normalized spacial score (nSPS) is 13.8. The highest BCUT2D eigenvalue weighted by Crippen LogP contribution is 2.33. The number of hydrogen-bond acceptors (Lipinski definition) is 9. The fraction of sp³-hybridized carbons (Fsp3) is 0.250. The molecule has 1 aliphatic rings. The molecule has 1 fully saturated rings. The van der Waals surface area contributed by atoms with Crippen LogP contribution in [0.3, 0.4) is 0 Å². The highest BCUT2D eigenvalue weighted by Gasteiger charge is 2.18. The average molecular weight is 511 g/mol. The lowest BCUT2D eigenvalue weighted by Gasteiger charge is -2.33. The van der Waals surface area contributed by atoms with Gasteiger partial charge in [-0.25, -0.2) is 9.97 Å². The van der Waals surface area contributed by atoms with Crippen LogP contribution in [-0.2, 0) is 4.79 Å². The Morgan fingerprint density at radius 1 is 1.08 bits per heavy atom. The molecule has 38 heavy (non-hydrogen) atoms. The lowest BCUT2D eigenvalue weighted by molar-refractivity contribution is -0.111. The molecule has 0 spiro atoms. The molecule has 10 nitrogen and oxygen atoms in total. The predicted octanol–water partition coefficient (Wildman–Crippen LogP) is 4.02. The van der Waals surface area contributed by atoms with E-state index in [0.29, 0.717) is 28.9 Å². The largest absolute Gasteiger partial charge is 0.479 e. The molecular weight excluding hydrogens is 480 g/mol. The molecule has 1 aliphatic heterocycles. The molecule has 0 aliphatic carbocycles. The number of carbonyl (C=O) groups is 1. The van der Waals surface area contributed by atoms with Gasteiger partial charge in [0.1, 0.15) is 11.5 Å². The van der Waals surface area contributed by atoms with Crippen molar-refractivity contribution >= 4 is 40.0 Å². The van der Waals surface area contributed by atoms with Gasteiger partial charge >= 0.3 is 0 Å². The van der Waals surface area contributed by atoms with Crippen molar-refractivity contribution in [2.45, 2.75) is 6.92 Å². The van der Waals surface area contributed by atoms with E-state index in [1.807, 2.05) is 37.3 Å². The molecule has 0 saturated carbocycles. The number of ether oxygens (including phenoxy) is 1. The number of hydrogen-bond donors (Lipinski definition) is 2. The number of nitrogens with zero attached hydrogens (tertiary/aromatic N) is 6. The minimum Gasteiger partial charge on any atom is -0.479 e. The van der Waals surface area contributed by atoms with E-state index in [2.05, 4.69) is 44.0 Å². The minimum atomic E-state index is -0.285. The van der Waals surface area contributed by atoms with E-state index in [1.54, 1.807) is 25.6 Å². The van der Waals surface area contributed by atoms with Crippen LogP contribution in [-0.4, -0.2) is 71.1 Å². The Bertz CT molecular complexity index is 1500. The Morgan fingerprint density at radius 2 is 1.89 bits per heavy atom. The van der Waals surface area contributed by atoms with Crippen molar-refractivity contribution in [3.05, 3.63) is 67.0 Å². The Balaban J connectivity index is 1.48. The molecule has 4 aromatic rings. The van der Waals surface area contributed by atoms with Gasteiger partial charge < -0.3 is 25.2 Å². The molecule has 1 amide bonds. The van der Waals surface area contributed by atoms with Crippen LogP contribution in [0.1, 0.15) is 5.56 Å². The van der Waals surface area contributed by atoms with Gasteiger partial charge in [-0.05, 0) is 49.9 Å². The molecule has 0 radical (unpaired) electrons. The monoisotopic (exact) mass is 510 g/mol. The molecule has 1 saturated heterocycles. The zero-order valence-electron chi connectivity index (χ0n) is 21.7. The molecule has 5 rings (SSSR count). The molecule has 4 heterocycles. The van der Waals surface area contributed by atoms with Crippen molar-refractivity contribution in [2.75, 3.05) is 55.9 Å². The molecule has 10 heteroatoms. The maximum atomic E-state index is 11.8. The number of likely N-dealkylation sites (N-methyl/N-ethyl adjacent to an activating group) is 1. The minimum absolute atomic E-state index is 0.285. The lowest BCUT2D eigenvalue weighted by atomic mass is 10.0. The number of aromatic nitrogens is 4. The third kappa shape index (κ3) is 5.25. The molecule has 1 aromatic carbocycles. The van der Waals surface area contributed by atoms with Crippen LogP contribution in [0.15, 0.2) is 61.4 Å². The van der Waals surface area contributed by atoms with E-state index in [4.69, 9.17) is 14.7 Å². The summed E-state index contributed by atoms with van der Waals surface area (Å²) >= 11 is 0. The number of anilines is 4. The number of carbonyl (C=O) groups excluding carboxylic acids is 1. The molecule has 0 bridgehead atoms. The second-order valence-corrected chi connectivity index (χ2v) is 9.15. The van der Waals surface area contributed by atoms with Gasteiger partial charge in [-0.15, -0.1) is 0 Å². The van der Waals surface area contributed by atoms with Crippen molar-refractivity contribution in [2.24, 2.45) is 0 Å². The van der Waals surface area contributed by atoms with E-state index >= 15 is 0 Å². The smallest absolute Gasteiger partial charge is 0.247 e. The Morgan fingerprint density at radius 3 is 2.66 bits per heavy atom. The number of rotatable bonds is 7. The third-order valence-corrected chi connectivity index (χ3v) is 6.54. The van der Waals surface area contributed by atoms with Crippen LogP contribution >= 0.6 is 0 Å². The van der Waals surface area contributed by atoms with Crippen molar-refractivity contribution in [3.63, 3.8) is 0 Å². The van der Waals surface area contributed by atoms with Crippen LogP contribution in [0.25, 0.3) is 22.2 Å². The SMILES string of the molecule is C=CC(=O)Nc1ccnc(-c2c(C)ccc3cnc(Nc4ccc(N5CCN(C)CC5)nc4OC)nc23)c1. The van der Waals surface area contributed by atoms with E-state index in [1.165, 1.54) is 6.08 Å². The summed E-state index contributed by atoms with van der Waals surface area (Å²) in [4.78, 5) is 35.0. The first-order valence-electron chi connectivity index (χ1n) is 12.4. The van der Waals surface area contributed by atoms with Crippen molar-refractivity contribution < 1.29 is 9.53 Å². The Hall–Kier alpha value is -4.57. The van der Waals surface area contributed by atoms with Crippen molar-refractivity contribution in [1.29, 1.82) is 0 Å². The van der Waals surface area contributed by atoms with Crippen LogP contribution in [0.2, 0.25) is 0 Å². The van der Waals surface area contributed by atoms with E-state index < -0.39 is 0 Å². The summed E-state index contributed by atoms with van der Waals surface area (Å²) in [5, 5.41) is 6.93. The molecule has 194 valence electrons. The Labute approximate surface area is 221 Å². The lowest BCUT2D eigenvalue weighted by Crippen LogP contribution is -2.44. The zero-order valence-corrected chi connectivity index (χ0v) is 21.7. The number of aryl methyl sites for hydroxylation is 1. The van der Waals surface area contributed by atoms with Crippen LogP contribution < -0.4 is 20.3 Å². The van der Waals surface area contributed by atoms with Gasteiger partial charge in [0.25, 0.3) is 0 Å². The summed E-state index contributed by atoms with van der Waals surface area (Å²) < 4.78 is 5.61. The molecular formula is C28H30N8O2. The van der Waals surface area contributed by atoms with Crippen LogP contribution in [0, 0.1) is 6.92 Å². The summed E-state index contributed by atoms with van der Waals surface area (Å²) in [5.41, 5.74) is 4.58.